The number of benzene rings is 1. The third-order valence-electron chi connectivity index (χ3n) is 4.67. The van der Waals surface area contributed by atoms with Gasteiger partial charge in [0, 0.05) is 46.7 Å². The fourth-order valence-corrected chi connectivity index (χ4v) is 3.34. The van der Waals surface area contributed by atoms with Crippen LogP contribution < -0.4 is 5.56 Å². The van der Waals surface area contributed by atoms with E-state index >= 15 is 0 Å². The number of nitriles is 1. The average Bonchev–Trinajstić information content (AvgIpc) is 3.20. The van der Waals surface area contributed by atoms with Gasteiger partial charge in [-0.05, 0) is 36.4 Å². The molecule has 5 rings (SSSR count). The van der Waals surface area contributed by atoms with Crippen molar-refractivity contribution in [3.8, 4) is 28.5 Å². The van der Waals surface area contributed by atoms with Gasteiger partial charge in [-0.15, -0.1) is 0 Å². The van der Waals surface area contributed by atoms with Gasteiger partial charge in [-0.2, -0.15) is 5.26 Å². The molecule has 0 saturated carbocycles. The molecule has 6 nitrogen and oxygen atoms in total. The minimum Gasteiger partial charge on any atom is -0.307 e. The second-order valence-corrected chi connectivity index (χ2v) is 6.45. The van der Waals surface area contributed by atoms with Crippen molar-refractivity contribution >= 4 is 16.7 Å². The third kappa shape index (κ3) is 2.63. The summed E-state index contributed by atoms with van der Waals surface area (Å²) in [6.07, 6.45) is 5.63. The van der Waals surface area contributed by atoms with E-state index in [1.165, 1.54) is 6.07 Å². The normalized spacial score (nSPS) is 11.0. The number of H-pyrrole nitrogens is 1. The number of nitrogens with zero attached hydrogens (tertiary/aromatic N) is 4. The molecule has 0 aliphatic heterocycles. The van der Waals surface area contributed by atoms with Gasteiger partial charge in [0.1, 0.15) is 11.3 Å². The summed E-state index contributed by atoms with van der Waals surface area (Å²) in [6, 6.07) is 18.7. The van der Waals surface area contributed by atoms with Crippen molar-refractivity contribution < 1.29 is 0 Å². The van der Waals surface area contributed by atoms with Gasteiger partial charge in [0.05, 0.1) is 17.3 Å². The molecule has 132 valence electrons. The Bertz CT molecular complexity index is 1460. The fraction of sp³-hybridized carbons (Fsp3) is 0. The molecule has 4 aromatic heterocycles. The highest BCUT2D eigenvalue weighted by atomic mass is 16.1. The summed E-state index contributed by atoms with van der Waals surface area (Å²) in [7, 11) is 0. The molecule has 1 N–H and O–H groups in total. The zero-order valence-electron chi connectivity index (χ0n) is 14.6. The molecule has 0 radical (unpaired) electrons. The van der Waals surface area contributed by atoms with Crippen molar-refractivity contribution in [1.82, 2.24) is 19.4 Å². The van der Waals surface area contributed by atoms with Gasteiger partial charge < -0.3 is 9.38 Å². The van der Waals surface area contributed by atoms with Crippen LogP contribution in [0, 0.1) is 11.3 Å². The van der Waals surface area contributed by atoms with Crippen LogP contribution in [0.4, 0.5) is 0 Å². The first-order chi connectivity index (χ1) is 13.7. The molecule has 0 unspecified atom stereocenters. The number of rotatable bonds is 2. The SMILES string of the molecule is N#Cc1cccc(-c2nc3[nH]c(=O)ccc3cc2-c2ccc3nccn3c2)c1. The molecule has 0 spiro atoms. The van der Waals surface area contributed by atoms with Crippen molar-refractivity contribution in [3.63, 3.8) is 0 Å². The molecular formula is C22H13N5O. The first kappa shape index (κ1) is 16.0. The summed E-state index contributed by atoms with van der Waals surface area (Å²) in [4.78, 5) is 23.6. The Balaban J connectivity index is 1.83. The highest BCUT2D eigenvalue weighted by Gasteiger charge is 2.13. The number of hydrogen-bond donors (Lipinski definition) is 1. The van der Waals surface area contributed by atoms with Crippen molar-refractivity contribution in [1.29, 1.82) is 5.26 Å². The molecular weight excluding hydrogens is 350 g/mol. The van der Waals surface area contributed by atoms with Crippen LogP contribution in [0.2, 0.25) is 0 Å². The molecule has 28 heavy (non-hydrogen) atoms. The molecule has 0 saturated heterocycles. The zero-order valence-corrected chi connectivity index (χ0v) is 14.6. The highest BCUT2D eigenvalue weighted by molar-refractivity contribution is 5.90. The van der Waals surface area contributed by atoms with Gasteiger partial charge in [0.2, 0.25) is 5.56 Å². The van der Waals surface area contributed by atoms with Gasteiger partial charge in [0.25, 0.3) is 0 Å². The molecule has 0 atom stereocenters. The number of hydrogen-bond acceptors (Lipinski definition) is 4. The summed E-state index contributed by atoms with van der Waals surface area (Å²) in [5, 5.41) is 10.1. The summed E-state index contributed by atoms with van der Waals surface area (Å²) >= 11 is 0. The average molecular weight is 363 g/mol. The first-order valence-corrected chi connectivity index (χ1v) is 8.69. The fourth-order valence-electron chi connectivity index (χ4n) is 3.34. The Morgan fingerprint density at radius 2 is 1.96 bits per heavy atom. The van der Waals surface area contributed by atoms with Gasteiger partial charge in [-0.1, -0.05) is 12.1 Å². The topological polar surface area (TPSA) is 86.8 Å². The predicted molar refractivity (Wildman–Crippen MR) is 107 cm³/mol. The van der Waals surface area contributed by atoms with E-state index in [1.807, 2.05) is 47.1 Å². The predicted octanol–water partition coefficient (Wildman–Crippen LogP) is 3.78. The minimum absolute atomic E-state index is 0.204. The summed E-state index contributed by atoms with van der Waals surface area (Å²) in [5.74, 6) is 0. The second kappa shape index (κ2) is 6.18. The van der Waals surface area contributed by atoms with Gasteiger partial charge in [-0.25, -0.2) is 9.97 Å². The minimum atomic E-state index is -0.204. The van der Waals surface area contributed by atoms with E-state index in [0.717, 1.165) is 27.7 Å². The largest absolute Gasteiger partial charge is 0.307 e. The number of aromatic nitrogens is 4. The molecule has 0 bridgehead atoms. The van der Waals surface area contributed by atoms with Gasteiger partial charge in [0.15, 0.2) is 0 Å². The van der Waals surface area contributed by atoms with E-state index in [0.29, 0.717) is 16.9 Å². The third-order valence-corrected chi connectivity index (χ3v) is 4.67. The van der Waals surface area contributed by atoms with Crippen LogP contribution >= 0.6 is 0 Å². The van der Waals surface area contributed by atoms with Crippen LogP contribution in [-0.4, -0.2) is 19.4 Å². The summed E-state index contributed by atoms with van der Waals surface area (Å²) < 4.78 is 1.95. The molecule has 0 amide bonds. The van der Waals surface area contributed by atoms with Crippen LogP contribution in [0.15, 0.2) is 78.0 Å². The highest BCUT2D eigenvalue weighted by Crippen LogP contribution is 2.33. The Labute approximate surface area is 159 Å². The van der Waals surface area contributed by atoms with Crippen LogP contribution in [0.1, 0.15) is 5.56 Å². The number of nitrogens with one attached hydrogen (secondary N) is 1. The van der Waals surface area contributed by atoms with Crippen molar-refractivity contribution in [2.24, 2.45) is 0 Å². The molecule has 6 heteroatoms. The monoisotopic (exact) mass is 363 g/mol. The summed E-state index contributed by atoms with van der Waals surface area (Å²) in [6.45, 7) is 0. The van der Waals surface area contributed by atoms with Crippen molar-refractivity contribution in [2.75, 3.05) is 0 Å². The maximum absolute atomic E-state index is 11.8. The van der Waals surface area contributed by atoms with Crippen LogP contribution in [0.25, 0.3) is 39.1 Å². The van der Waals surface area contributed by atoms with Crippen molar-refractivity contribution in [2.45, 2.75) is 0 Å². The molecule has 1 aromatic carbocycles. The maximum atomic E-state index is 11.8. The molecule has 5 aromatic rings. The van der Waals surface area contributed by atoms with E-state index in [9.17, 15) is 10.1 Å². The van der Waals surface area contributed by atoms with E-state index in [-0.39, 0.29) is 5.56 Å². The van der Waals surface area contributed by atoms with Gasteiger partial charge in [-0.3, -0.25) is 4.79 Å². The zero-order chi connectivity index (χ0) is 19.1. The van der Waals surface area contributed by atoms with Gasteiger partial charge >= 0.3 is 0 Å². The van der Waals surface area contributed by atoms with Crippen LogP contribution in [0.3, 0.4) is 0 Å². The van der Waals surface area contributed by atoms with Crippen LogP contribution in [-0.2, 0) is 0 Å². The van der Waals surface area contributed by atoms with Crippen LogP contribution in [0.5, 0.6) is 0 Å². The first-order valence-electron chi connectivity index (χ1n) is 8.69. The standard InChI is InChI=1S/C22H13N5O/c23-12-14-2-1-3-15(10-14)21-18(11-16-5-7-20(28)25-22(16)26-21)17-4-6-19-24-8-9-27(19)13-17/h1-11,13H,(H,25,26,28). The van der Waals surface area contributed by atoms with E-state index in [4.69, 9.17) is 4.98 Å². The van der Waals surface area contributed by atoms with E-state index in [1.54, 1.807) is 24.4 Å². The Morgan fingerprint density at radius 1 is 1.04 bits per heavy atom. The molecule has 4 heterocycles. The number of pyridine rings is 3. The van der Waals surface area contributed by atoms with Crippen molar-refractivity contribution in [3.05, 3.63) is 89.1 Å². The summed E-state index contributed by atoms with van der Waals surface area (Å²) in [5.41, 5.74) is 5.10. The Kier molecular flexibility index (Phi) is 3.53. The quantitative estimate of drug-likeness (QED) is 0.517. The lowest BCUT2D eigenvalue weighted by Crippen LogP contribution is -2.04. The number of aromatic amines is 1. The Hall–Kier alpha value is -4.24. The van der Waals surface area contributed by atoms with E-state index in [2.05, 4.69) is 16.0 Å². The molecule has 0 aliphatic rings. The number of imidazole rings is 1. The lowest BCUT2D eigenvalue weighted by molar-refractivity contribution is 1.18. The lowest BCUT2D eigenvalue weighted by Gasteiger charge is -2.12. The molecule has 0 fully saturated rings. The second-order valence-electron chi connectivity index (χ2n) is 6.45. The molecule has 0 aliphatic carbocycles. The lowest BCUT2D eigenvalue weighted by atomic mass is 9.98. The smallest absolute Gasteiger partial charge is 0.249 e. The Morgan fingerprint density at radius 3 is 2.86 bits per heavy atom. The number of fused-ring (bicyclic) bond motifs is 2. The maximum Gasteiger partial charge on any atom is 0.249 e. The van der Waals surface area contributed by atoms with E-state index < -0.39 is 0 Å².